The molecule has 2 rings (SSSR count). The normalized spacial score (nSPS) is 23.1. The van der Waals surface area contributed by atoms with Crippen LogP contribution in [0.1, 0.15) is 39.0 Å². The van der Waals surface area contributed by atoms with Crippen molar-refractivity contribution < 1.29 is 5.11 Å². The molecule has 0 saturated heterocycles. The van der Waals surface area contributed by atoms with Gasteiger partial charge in [-0.1, -0.05) is 31.4 Å². The third-order valence-corrected chi connectivity index (χ3v) is 3.61. The monoisotopic (exact) mass is 284 g/mol. The molecule has 1 fully saturated rings. The summed E-state index contributed by atoms with van der Waals surface area (Å²) >= 11 is 6.10. The van der Waals surface area contributed by atoms with E-state index >= 15 is 0 Å². The van der Waals surface area contributed by atoms with Crippen LogP contribution in [0, 0.1) is 0 Å². The Hall–Kier alpha value is -1.07. The molecule has 3 N–H and O–H groups in total. The lowest BCUT2D eigenvalue weighted by molar-refractivity contribution is 0.116. The summed E-state index contributed by atoms with van der Waals surface area (Å²) in [5.41, 5.74) is 0. The fourth-order valence-corrected chi connectivity index (χ4v) is 2.39. The Morgan fingerprint density at radius 1 is 1.42 bits per heavy atom. The van der Waals surface area contributed by atoms with Crippen LogP contribution in [0.2, 0.25) is 5.02 Å². The van der Waals surface area contributed by atoms with Gasteiger partial charge in [0.2, 0.25) is 5.95 Å². The Morgan fingerprint density at radius 3 is 2.95 bits per heavy atom. The molecule has 0 radical (unpaired) electrons. The van der Waals surface area contributed by atoms with Gasteiger partial charge in [0, 0.05) is 6.54 Å². The van der Waals surface area contributed by atoms with Crippen LogP contribution in [0.15, 0.2) is 6.20 Å². The van der Waals surface area contributed by atoms with Crippen molar-refractivity contribution in [3.05, 3.63) is 11.2 Å². The summed E-state index contributed by atoms with van der Waals surface area (Å²) < 4.78 is 0. The fourth-order valence-electron chi connectivity index (χ4n) is 2.25. The summed E-state index contributed by atoms with van der Waals surface area (Å²) in [5.74, 6) is 1.17. The van der Waals surface area contributed by atoms with Crippen molar-refractivity contribution in [2.45, 2.75) is 51.2 Å². The predicted molar refractivity (Wildman–Crippen MR) is 77.7 cm³/mol. The van der Waals surface area contributed by atoms with Crippen molar-refractivity contribution >= 4 is 23.4 Å². The zero-order valence-electron chi connectivity index (χ0n) is 11.2. The second-order valence-corrected chi connectivity index (χ2v) is 5.33. The maximum absolute atomic E-state index is 9.97. The van der Waals surface area contributed by atoms with Gasteiger partial charge >= 0.3 is 0 Å². The maximum atomic E-state index is 9.97. The van der Waals surface area contributed by atoms with Crippen molar-refractivity contribution in [2.24, 2.45) is 0 Å². The number of aliphatic hydroxyl groups excluding tert-OH is 1. The van der Waals surface area contributed by atoms with E-state index in [0.717, 1.165) is 38.6 Å². The molecule has 0 spiro atoms. The number of nitrogens with zero attached hydrogens (tertiary/aromatic N) is 2. The minimum Gasteiger partial charge on any atom is -0.391 e. The number of hydrogen-bond acceptors (Lipinski definition) is 5. The topological polar surface area (TPSA) is 70.1 Å². The first-order valence-electron chi connectivity index (χ1n) is 6.91. The zero-order chi connectivity index (χ0) is 13.7. The molecular weight excluding hydrogens is 264 g/mol. The first-order valence-corrected chi connectivity index (χ1v) is 7.29. The molecule has 1 saturated carbocycles. The van der Waals surface area contributed by atoms with Gasteiger partial charge in [-0.25, -0.2) is 4.98 Å². The maximum Gasteiger partial charge on any atom is 0.224 e. The molecule has 1 aromatic rings. The number of aliphatic hydroxyl groups is 1. The van der Waals surface area contributed by atoms with E-state index in [4.69, 9.17) is 11.6 Å². The lowest BCUT2D eigenvalue weighted by Gasteiger charge is -2.29. The van der Waals surface area contributed by atoms with E-state index in [9.17, 15) is 5.11 Å². The molecule has 2 atom stereocenters. The molecule has 1 aliphatic rings. The fraction of sp³-hybridized carbons (Fsp3) is 0.692. The molecule has 1 aromatic heterocycles. The summed E-state index contributed by atoms with van der Waals surface area (Å²) in [5, 5.41) is 16.8. The van der Waals surface area contributed by atoms with Crippen molar-refractivity contribution in [2.75, 3.05) is 17.2 Å². The molecule has 2 unspecified atom stereocenters. The van der Waals surface area contributed by atoms with Gasteiger partial charge in [-0.15, -0.1) is 0 Å². The molecule has 1 heterocycles. The number of rotatable bonds is 5. The summed E-state index contributed by atoms with van der Waals surface area (Å²) in [6.45, 7) is 2.91. The second-order valence-electron chi connectivity index (χ2n) is 4.92. The van der Waals surface area contributed by atoms with Crippen LogP contribution >= 0.6 is 11.6 Å². The highest BCUT2D eigenvalue weighted by molar-refractivity contribution is 6.32. The van der Waals surface area contributed by atoms with Gasteiger partial charge in [-0.2, -0.15) is 4.98 Å². The zero-order valence-corrected chi connectivity index (χ0v) is 12.0. The number of aromatic nitrogens is 2. The van der Waals surface area contributed by atoms with E-state index in [1.54, 1.807) is 6.20 Å². The molecule has 106 valence electrons. The van der Waals surface area contributed by atoms with Crippen molar-refractivity contribution in [3.8, 4) is 0 Å². The number of anilines is 2. The molecular formula is C13H21ClN4O. The van der Waals surface area contributed by atoms with Gasteiger partial charge in [0.25, 0.3) is 0 Å². The van der Waals surface area contributed by atoms with Crippen LogP contribution in [0.5, 0.6) is 0 Å². The number of nitrogens with one attached hydrogen (secondary N) is 2. The summed E-state index contributed by atoms with van der Waals surface area (Å²) in [7, 11) is 0. The van der Waals surface area contributed by atoms with Crippen LogP contribution < -0.4 is 10.6 Å². The van der Waals surface area contributed by atoms with Gasteiger partial charge in [0.1, 0.15) is 5.02 Å². The minimum absolute atomic E-state index is 0.0279. The van der Waals surface area contributed by atoms with E-state index in [1.807, 2.05) is 0 Å². The van der Waals surface area contributed by atoms with Gasteiger partial charge in [0.05, 0.1) is 18.3 Å². The molecule has 0 bridgehead atoms. The van der Waals surface area contributed by atoms with E-state index < -0.39 is 0 Å². The van der Waals surface area contributed by atoms with Crippen LogP contribution in [0.25, 0.3) is 0 Å². The summed E-state index contributed by atoms with van der Waals surface area (Å²) in [4.78, 5) is 8.49. The second kappa shape index (κ2) is 6.91. The van der Waals surface area contributed by atoms with Gasteiger partial charge in [0.15, 0.2) is 5.82 Å². The van der Waals surface area contributed by atoms with E-state index in [-0.39, 0.29) is 12.1 Å². The highest BCUT2D eigenvalue weighted by Gasteiger charge is 2.24. The van der Waals surface area contributed by atoms with Crippen LogP contribution in [-0.4, -0.2) is 33.8 Å². The van der Waals surface area contributed by atoms with Crippen LogP contribution in [-0.2, 0) is 0 Å². The Balaban J connectivity index is 2.05. The van der Waals surface area contributed by atoms with E-state index in [1.165, 1.54) is 0 Å². The van der Waals surface area contributed by atoms with Crippen LogP contribution in [0.3, 0.4) is 0 Å². The molecule has 19 heavy (non-hydrogen) atoms. The molecule has 5 nitrogen and oxygen atoms in total. The van der Waals surface area contributed by atoms with Gasteiger partial charge in [-0.05, 0) is 19.3 Å². The van der Waals surface area contributed by atoms with Crippen molar-refractivity contribution in [1.82, 2.24) is 9.97 Å². The van der Waals surface area contributed by atoms with Gasteiger partial charge in [-0.3, -0.25) is 0 Å². The lowest BCUT2D eigenvalue weighted by atomic mass is 9.93. The van der Waals surface area contributed by atoms with Crippen molar-refractivity contribution in [1.29, 1.82) is 0 Å². The summed E-state index contributed by atoms with van der Waals surface area (Å²) in [6, 6.07) is 0.0279. The van der Waals surface area contributed by atoms with E-state index in [0.29, 0.717) is 16.8 Å². The summed E-state index contributed by atoms with van der Waals surface area (Å²) in [6.07, 6.45) is 6.26. The molecule has 1 aliphatic carbocycles. The largest absolute Gasteiger partial charge is 0.391 e. The van der Waals surface area contributed by atoms with E-state index in [2.05, 4.69) is 27.5 Å². The first kappa shape index (κ1) is 14.3. The SMILES string of the molecule is CCCNc1ncc(Cl)c(NC2CCCCC2O)n1. The van der Waals surface area contributed by atoms with Crippen LogP contribution in [0.4, 0.5) is 11.8 Å². The Bertz CT molecular complexity index is 416. The molecule has 0 aromatic carbocycles. The lowest BCUT2D eigenvalue weighted by Crippen LogP contribution is -2.36. The Morgan fingerprint density at radius 2 is 2.21 bits per heavy atom. The molecule has 0 amide bonds. The minimum atomic E-state index is -0.327. The number of halogens is 1. The molecule has 6 heteroatoms. The number of hydrogen-bond donors (Lipinski definition) is 3. The average molecular weight is 285 g/mol. The third kappa shape index (κ3) is 3.94. The Labute approximate surface area is 118 Å². The first-order chi connectivity index (χ1) is 9.20. The molecule has 0 aliphatic heterocycles. The highest BCUT2D eigenvalue weighted by Crippen LogP contribution is 2.25. The third-order valence-electron chi connectivity index (χ3n) is 3.33. The predicted octanol–water partition coefficient (Wildman–Crippen LogP) is 2.67. The average Bonchev–Trinajstić information content (AvgIpc) is 2.42. The van der Waals surface area contributed by atoms with Crippen molar-refractivity contribution in [3.63, 3.8) is 0 Å². The Kier molecular flexibility index (Phi) is 5.22. The van der Waals surface area contributed by atoms with Gasteiger partial charge < -0.3 is 15.7 Å². The highest BCUT2D eigenvalue weighted by atomic mass is 35.5. The quantitative estimate of drug-likeness (QED) is 0.775. The smallest absolute Gasteiger partial charge is 0.224 e. The standard InChI is InChI=1S/C13H21ClN4O/c1-2-7-15-13-16-8-9(14)12(18-13)17-10-5-3-4-6-11(10)19/h8,10-11,19H,2-7H2,1H3,(H2,15,16,17,18).